The number of aromatic nitrogens is 1. The van der Waals surface area contributed by atoms with Gasteiger partial charge < -0.3 is 18.5 Å². The molecule has 1 aromatic heterocycles. The van der Waals surface area contributed by atoms with Crippen molar-refractivity contribution in [2.75, 3.05) is 13.2 Å². The van der Waals surface area contributed by atoms with Crippen LogP contribution in [-0.2, 0) is 36.2 Å². The molecule has 0 bridgehead atoms. The Labute approximate surface area is 256 Å². The van der Waals surface area contributed by atoms with Crippen molar-refractivity contribution in [3.05, 3.63) is 64.6 Å². The molecule has 3 atom stereocenters. The summed E-state index contributed by atoms with van der Waals surface area (Å²) in [5, 5.41) is 0.979. The summed E-state index contributed by atoms with van der Waals surface area (Å²) >= 11 is 5.93. The predicted molar refractivity (Wildman–Crippen MR) is 164 cm³/mol. The second-order valence-electron chi connectivity index (χ2n) is 11.3. The van der Waals surface area contributed by atoms with Crippen LogP contribution < -0.4 is 5.30 Å². The molecule has 1 aliphatic carbocycles. The smallest absolute Gasteiger partial charge is 0.337 e. The number of halogens is 2. The number of likely N-dealkylation sites (tertiary alicyclic amines) is 1. The minimum Gasteiger partial charge on any atom is -0.337 e. The average molecular weight is 631 g/mol. The highest BCUT2D eigenvalue weighted by atomic mass is 35.5. The Hall–Kier alpha value is -2.84. The van der Waals surface area contributed by atoms with Gasteiger partial charge in [0.15, 0.2) is 11.6 Å². The number of carbonyl (C=O) groups is 3. The number of nitrogens with zero attached hydrogens (tertiary/aromatic N) is 2. The molecule has 2 aliphatic rings. The van der Waals surface area contributed by atoms with Crippen LogP contribution in [0.15, 0.2) is 42.6 Å². The van der Waals surface area contributed by atoms with Crippen molar-refractivity contribution in [2.24, 2.45) is 5.92 Å². The molecule has 0 spiro atoms. The molecule has 1 amide bonds. The maximum absolute atomic E-state index is 14.5. The molecule has 2 aromatic carbocycles. The van der Waals surface area contributed by atoms with E-state index in [-0.39, 0.29) is 67.1 Å². The molecular formula is C32H37ClFN2O6P. The fraction of sp³-hybridized carbons (Fsp3) is 0.469. The zero-order chi connectivity index (χ0) is 30.9. The van der Waals surface area contributed by atoms with Gasteiger partial charge in [0.05, 0.1) is 35.1 Å². The van der Waals surface area contributed by atoms with E-state index in [1.165, 1.54) is 13.0 Å². The number of aryl methyl sites for hydroxylation is 1. The van der Waals surface area contributed by atoms with Crippen molar-refractivity contribution in [3.8, 4) is 0 Å². The van der Waals surface area contributed by atoms with Crippen LogP contribution in [0.4, 0.5) is 4.39 Å². The predicted octanol–water partition coefficient (Wildman–Crippen LogP) is 6.50. The molecule has 0 radical (unpaired) electrons. The van der Waals surface area contributed by atoms with Crippen LogP contribution in [0.3, 0.4) is 0 Å². The third-order valence-corrected chi connectivity index (χ3v) is 11.0. The minimum atomic E-state index is -3.62. The number of hydrogen-bond donors (Lipinski definition) is 0. The molecule has 1 saturated carbocycles. The lowest BCUT2D eigenvalue weighted by atomic mass is 9.97. The summed E-state index contributed by atoms with van der Waals surface area (Å²) in [6.45, 7) is 5.19. The Morgan fingerprint density at radius 2 is 1.84 bits per heavy atom. The molecule has 11 heteroatoms. The largest absolute Gasteiger partial charge is 0.361 e. The first-order valence-electron chi connectivity index (χ1n) is 14.9. The molecule has 2 fully saturated rings. The molecule has 2 heterocycles. The van der Waals surface area contributed by atoms with Gasteiger partial charge in [-0.25, -0.2) is 4.39 Å². The van der Waals surface area contributed by atoms with Crippen molar-refractivity contribution in [2.45, 2.75) is 77.9 Å². The molecule has 0 N–H and O–H groups in total. The lowest BCUT2D eigenvalue weighted by Crippen LogP contribution is -2.46. The van der Waals surface area contributed by atoms with Gasteiger partial charge in [-0.2, -0.15) is 0 Å². The third-order valence-electron chi connectivity index (χ3n) is 8.64. The lowest BCUT2D eigenvalue weighted by molar-refractivity contribution is -0.140. The quantitative estimate of drug-likeness (QED) is 0.168. The van der Waals surface area contributed by atoms with Gasteiger partial charge in [0.2, 0.25) is 5.91 Å². The molecule has 1 aliphatic heterocycles. The van der Waals surface area contributed by atoms with Crippen molar-refractivity contribution < 1.29 is 32.4 Å². The molecule has 5 rings (SSSR count). The first-order valence-corrected chi connectivity index (χ1v) is 16.8. The van der Waals surface area contributed by atoms with Gasteiger partial charge >= 0.3 is 7.60 Å². The highest BCUT2D eigenvalue weighted by Gasteiger charge is 2.48. The van der Waals surface area contributed by atoms with Crippen LogP contribution in [0.2, 0.25) is 5.02 Å². The van der Waals surface area contributed by atoms with E-state index in [2.05, 4.69) is 0 Å². The molecule has 230 valence electrons. The standard InChI is InChI=1S/C32H37ClFN2O6P/c1-4-41-43(40,42-5-2)23-13-14-24-25(20(3)37)18-35(28(24)17-23)19-31(39)36-27-11-7-9-22(27)16-29(36)30(38)15-12-21-8-6-10-26(33)32(21)34/h6,8,10,13-14,17-18,22,27,29H,4-5,7,9,11-12,15-16,19H2,1-3H3/t22-,27-,29+/m1/s1. The SMILES string of the molecule is CCOP(=O)(OCC)c1ccc2c(C(C)=O)cn(CC(=O)N3[C@@H]4CCC[C@@H]4C[C@H]3C(=O)CCc3cccc(Cl)c3F)c2c1. The fourth-order valence-electron chi connectivity index (χ4n) is 6.72. The zero-order valence-electron chi connectivity index (χ0n) is 24.7. The first kappa shape index (κ1) is 31.6. The number of rotatable bonds is 12. The van der Waals surface area contributed by atoms with E-state index in [0.717, 1.165) is 19.3 Å². The second-order valence-corrected chi connectivity index (χ2v) is 13.7. The highest BCUT2D eigenvalue weighted by molar-refractivity contribution is 7.62. The lowest BCUT2D eigenvalue weighted by Gasteiger charge is -2.29. The molecule has 8 nitrogen and oxygen atoms in total. The van der Waals surface area contributed by atoms with E-state index < -0.39 is 19.5 Å². The van der Waals surface area contributed by atoms with E-state index in [0.29, 0.717) is 33.8 Å². The first-order chi connectivity index (χ1) is 20.6. The molecular weight excluding hydrogens is 594 g/mol. The summed E-state index contributed by atoms with van der Waals surface area (Å²) in [6.07, 6.45) is 5.30. The van der Waals surface area contributed by atoms with Crippen LogP contribution >= 0.6 is 19.2 Å². The number of Topliss-reactive ketones (excluding diaryl/α,β-unsaturated/α-hetero) is 2. The number of carbonyl (C=O) groups excluding carboxylic acids is 3. The van der Waals surface area contributed by atoms with Gasteiger partial charge in [-0.1, -0.05) is 36.2 Å². The van der Waals surface area contributed by atoms with Crippen LogP contribution in [0.1, 0.15) is 68.8 Å². The summed E-state index contributed by atoms with van der Waals surface area (Å²) in [7, 11) is -3.62. The van der Waals surface area contributed by atoms with Gasteiger partial charge in [-0.05, 0) is 76.1 Å². The summed E-state index contributed by atoms with van der Waals surface area (Å²) in [6, 6.07) is 9.12. The van der Waals surface area contributed by atoms with Crippen LogP contribution in [-0.4, -0.2) is 52.2 Å². The molecule has 3 aromatic rings. The van der Waals surface area contributed by atoms with Crippen molar-refractivity contribution >= 4 is 52.9 Å². The summed E-state index contributed by atoms with van der Waals surface area (Å²) in [5.41, 5.74) is 1.37. The van der Waals surface area contributed by atoms with Crippen molar-refractivity contribution in [1.82, 2.24) is 9.47 Å². The topological polar surface area (TPSA) is 94.9 Å². The van der Waals surface area contributed by atoms with Gasteiger partial charge in [0.1, 0.15) is 12.4 Å². The Bertz CT molecular complexity index is 1600. The van der Waals surface area contributed by atoms with Gasteiger partial charge in [-0.15, -0.1) is 0 Å². The Kier molecular flexibility index (Phi) is 9.57. The Balaban J connectivity index is 1.44. The second kappa shape index (κ2) is 13.0. The molecule has 1 saturated heterocycles. The van der Waals surface area contributed by atoms with Gasteiger partial charge in [0.25, 0.3) is 0 Å². The number of fused-ring (bicyclic) bond motifs is 2. The van der Waals surface area contributed by atoms with E-state index in [9.17, 15) is 23.3 Å². The van der Waals surface area contributed by atoms with E-state index in [1.54, 1.807) is 59.8 Å². The summed E-state index contributed by atoms with van der Waals surface area (Å²) in [5.74, 6) is -0.769. The summed E-state index contributed by atoms with van der Waals surface area (Å²) in [4.78, 5) is 41.9. The third kappa shape index (κ3) is 6.23. The van der Waals surface area contributed by atoms with Crippen LogP contribution in [0.5, 0.6) is 0 Å². The molecule has 0 unspecified atom stereocenters. The Morgan fingerprint density at radius 3 is 2.53 bits per heavy atom. The average Bonchev–Trinajstić information content (AvgIpc) is 3.67. The summed E-state index contributed by atoms with van der Waals surface area (Å²) < 4.78 is 40.7. The van der Waals surface area contributed by atoms with Crippen LogP contribution in [0, 0.1) is 11.7 Å². The van der Waals surface area contributed by atoms with E-state index in [4.69, 9.17) is 20.6 Å². The number of hydrogen-bond acceptors (Lipinski definition) is 6. The van der Waals surface area contributed by atoms with E-state index >= 15 is 0 Å². The van der Waals surface area contributed by atoms with Gasteiger partial charge in [-0.3, -0.25) is 18.9 Å². The zero-order valence-corrected chi connectivity index (χ0v) is 26.3. The highest BCUT2D eigenvalue weighted by Crippen LogP contribution is 2.47. The van der Waals surface area contributed by atoms with Crippen molar-refractivity contribution in [3.63, 3.8) is 0 Å². The number of amides is 1. The molecule has 43 heavy (non-hydrogen) atoms. The number of benzene rings is 2. The number of ketones is 2. The minimum absolute atomic E-state index is 0.0167. The van der Waals surface area contributed by atoms with E-state index in [1.807, 2.05) is 0 Å². The normalized spacial score (nSPS) is 20.1. The van der Waals surface area contributed by atoms with Crippen LogP contribution in [0.25, 0.3) is 10.9 Å². The van der Waals surface area contributed by atoms with Gasteiger partial charge in [0, 0.05) is 29.6 Å². The fourth-order valence-corrected chi connectivity index (χ4v) is 8.50. The maximum Gasteiger partial charge on any atom is 0.361 e. The van der Waals surface area contributed by atoms with Crippen molar-refractivity contribution in [1.29, 1.82) is 0 Å². The monoisotopic (exact) mass is 630 g/mol. The Morgan fingerprint density at radius 1 is 1.09 bits per heavy atom. The maximum atomic E-state index is 14.5.